The molecule has 1 unspecified atom stereocenters. The second-order valence-corrected chi connectivity index (χ2v) is 4.73. The van der Waals surface area contributed by atoms with E-state index in [-0.39, 0.29) is 5.92 Å². The molecule has 0 aliphatic heterocycles. The molecule has 0 radical (unpaired) electrons. The van der Waals surface area contributed by atoms with Gasteiger partial charge in [0.25, 0.3) is 0 Å². The molecule has 0 heterocycles. The summed E-state index contributed by atoms with van der Waals surface area (Å²) in [6.45, 7) is 2.74. The Balaban J connectivity index is 2.52. The fourth-order valence-corrected chi connectivity index (χ4v) is 2.67. The summed E-state index contributed by atoms with van der Waals surface area (Å²) >= 11 is 0. The van der Waals surface area contributed by atoms with Crippen LogP contribution in [0, 0.1) is 5.92 Å². The number of carboxylic acids is 1. The predicted molar refractivity (Wildman–Crippen MR) is 66.8 cm³/mol. The van der Waals surface area contributed by atoms with Crippen LogP contribution in [0.1, 0.15) is 25.3 Å². The summed E-state index contributed by atoms with van der Waals surface area (Å²) in [5.41, 5.74) is 0.0649. The number of aliphatic carboxylic acids is 1. The van der Waals surface area contributed by atoms with Crippen molar-refractivity contribution in [3.63, 3.8) is 0 Å². The summed E-state index contributed by atoms with van der Waals surface area (Å²) in [4.78, 5) is 13.8. The largest absolute Gasteiger partial charge is 0.480 e. The molecule has 0 saturated heterocycles. The van der Waals surface area contributed by atoms with E-state index < -0.39 is 11.5 Å². The standard InChI is InChI=1S/C14H19NO2/c1-3-15(2)14(13(16)17,12-9-10-12)11-7-5-4-6-8-11/h4-8,12H,3,9-10H2,1-2H3,(H,16,17). The first-order valence-corrected chi connectivity index (χ1v) is 6.14. The molecule has 1 fully saturated rings. The lowest BCUT2D eigenvalue weighted by atomic mass is 9.83. The third-order valence-corrected chi connectivity index (χ3v) is 3.78. The molecule has 1 N–H and O–H groups in total. The quantitative estimate of drug-likeness (QED) is 0.848. The van der Waals surface area contributed by atoms with Crippen LogP contribution in [0.2, 0.25) is 0 Å². The zero-order valence-corrected chi connectivity index (χ0v) is 10.4. The molecule has 0 spiro atoms. The summed E-state index contributed by atoms with van der Waals surface area (Å²) in [5.74, 6) is -0.483. The van der Waals surface area contributed by atoms with Gasteiger partial charge >= 0.3 is 5.97 Å². The minimum absolute atomic E-state index is 0.243. The highest BCUT2D eigenvalue weighted by molar-refractivity contribution is 5.81. The summed E-state index contributed by atoms with van der Waals surface area (Å²) in [5, 5.41) is 9.75. The molecule has 1 aromatic rings. The zero-order chi connectivity index (χ0) is 12.5. The first kappa shape index (κ1) is 12.1. The van der Waals surface area contributed by atoms with Gasteiger partial charge in [-0.25, -0.2) is 4.79 Å². The SMILES string of the molecule is CCN(C)C(C(=O)O)(c1ccccc1)C1CC1. The fraction of sp³-hybridized carbons (Fsp3) is 0.500. The average Bonchev–Trinajstić information content (AvgIpc) is 3.15. The third kappa shape index (κ3) is 1.84. The normalized spacial score (nSPS) is 19.0. The highest BCUT2D eigenvalue weighted by atomic mass is 16.4. The second-order valence-electron chi connectivity index (χ2n) is 4.73. The van der Waals surface area contributed by atoms with Gasteiger partial charge < -0.3 is 5.11 Å². The second kappa shape index (κ2) is 4.49. The van der Waals surface area contributed by atoms with E-state index in [0.29, 0.717) is 0 Å². The molecule has 92 valence electrons. The third-order valence-electron chi connectivity index (χ3n) is 3.78. The average molecular weight is 233 g/mol. The van der Waals surface area contributed by atoms with Crippen LogP contribution >= 0.6 is 0 Å². The molecule has 0 amide bonds. The molecule has 2 rings (SSSR count). The van der Waals surface area contributed by atoms with Crippen molar-refractivity contribution < 1.29 is 9.90 Å². The van der Waals surface area contributed by atoms with Gasteiger partial charge in [0.15, 0.2) is 0 Å². The van der Waals surface area contributed by atoms with E-state index in [4.69, 9.17) is 0 Å². The summed E-state index contributed by atoms with van der Waals surface area (Å²) in [6, 6.07) is 9.62. The molecule has 1 aliphatic rings. The van der Waals surface area contributed by atoms with E-state index in [1.165, 1.54) is 0 Å². The summed E-state index contributed by atoms with van der Waals surface area (Å²) < 4.78 is 0. The molecular formula is C14H19NO2. The van der Waals surface area contributed by atoms with E-state index in [2.05, 4.69) is 0 Å². The van der Waals surface area contributed by atoms with Crippen LogP contribution in [0.3, 0.4) is 0 Å². The Bertz CT molecular complexity index is 400. The molecule has 1 atom stereocenters. The van der Waals surface area contributed by atoms with E-state index >= 15 is 0 Å². The number of rotatable bonds is 5. The minimum Gasteiger partial charge on any atom is -0.480 e. The Hall–Kier alpha value is -1.35. The van der Waals surface area contributed by atoms with E-state index in [1.54, 1.807) is 0 Å². The molecular weight excluding hydrogens is 214 g/mol. The molecule has 3 nitrogen and oxygen atoms in total. The lowest BCUT2D eigenvalue weighted by molar-refractivity contribution is -0.153. The van der Waals surface area contributed by atoms with E-state index in [0.717, 1.165) is 24.9 Å². The van der Waals surface area contributed by atoms with Gasteiger partial charge in [-0.2, -0.15) is 0 Å². The van der Waals surface area contributed by atoms with Gasteiger partial charge in [-0.15, -0.1) is 0 Å². The Morgan fingerprint density at radius 3 is 2.41 bits per heavy atom. The number of likely N-dealkylation sites (N-methyl/N-ethyl adjacent to an activating group) is 1. The number of hydrogen-bond donors (Lipinski definition) is 1. The van der Waals surface area contributed by atoms with Gasteiger partial charge in [-0.3, -0.25) is 4.90 Å². The molecule has 0 aromatic heterocycles. The topological polar surface area (TPSA) is 40.5 Å². The van der Waals surface area contributed by atoms with Crippen molar-refractivity contribution in [3.05, 3.63) is 35.9 Å². The lowest BCUT2D eigenvalue weighted by Crippen LogP contribution is -2.52. The number of benzene rings is 1. The van der Waals surface area contributed by atoms with Crippen molar-refractivity contribution in [1.29, 1.82) is 0 Å². The van der Waals surface area contributed by atoms with Crippen molar-refractivity contribution in [3.8, 4) is 0 Å². The van der Waals surface area contributed by atoms with Gasteiger partial charge in [0.2, 0.25) is 0 Å². The number of hydrogen-bond acceptors (Lipinski definition) is 2. The lowest BCUT2D eigenvalue weighted by Gasteiger charge is -2.38. The first-order valence-electron chi connectivity index (χ1n) is 6.14. The van der Waals surface area contributed by atoms with Crippen molar-refractivity contribution in [2.24, 2.45) is 5.92 Å². The fourth-order valence-electron chi connectivity index (χ4n) is 2.67. The predicted octanol–water partition coefficient (Wildman–Crippen LogP) is 2.33. The highest BCUT2D eigenvalue weighted by Gasteiger charge is 2.54. The molecule has 0 bridgehead atoms. The highest BCUT2D eigenvalue weighted by Crippen LogP contribution is 2.49. The number of nitrogens with zero attached hydrogens (tertiary/aromatic N) is 1. The molecule has 1 aromatic carbocycles. The van der Waals surface area contributed by atoms with Crippen LogP contribution in [-0.4, -0.2) is 29.6 Å². The molecule has 1 aliphatic carbocycles. The van der Waals surface area contributed by atoms with Crippen LogP contribution in [0.5, 0.6) is 0 Å². The van der Waals surface area contributed by atoms with Gasteiger partial charge in [-0.05, 0) is 37.9 Å². The van der Waals surface area contributed by atoms with Crippen molar-refractivity contribution in [2.45, 2.75) is 25.3 Å². The molecule has 1 saturated carbocycles. The Morgan fingerprint density at radius 2 is 2.00 bits per heavy atom. The van der Waals surface area contributed by atoms with Crippen LogP contribution in [0.15, 0.2) is 30.3 Å². The smallest absolute Gasteiger partial charge is 0.329 e. The first-order chi connectivity index (χ1) is 8.14. The van der Waals surface area contributed by atoms with Gasteiger partial charge in [0.05, 0.1) is 0 Å². The Kier molecular flexibility index (Phi) is 3.20. The molecule has 3 heteroatoms. The van der Waals surface area contributed by atoms with E-state index in [1.807, 2.05) is 49.2 Å². The zero-order valence-electron chi connectivity index (χ0n) is 10.4. The maximum Gasteiger partial charge on any atom is 0.329 e. The summed E-state index contributed by atoms with van der Waals surface area (Å²) in [6.07, 6.45) is 2.01. The van der Waals surface area contributed by atoms with Crippen LogP contribution in [0.25, 0.3) is 0 Å². The maximum atomic E-state index is 11.9. The Morgan fingerprint density at radius 1 is 1.41 bits per heavy atom. The van der Waals surface area contributed by atoms with Crippen LogP contribution < -0.4 is 0 Å². The molecule has 17 heavy (non-hydrogen) atoms. The Labute approximate surface area is 102 Å². The van der Waals surface area contributed by atoms with Gasteiger partial charge in [-0.1, -0.05) is 37.3 Å². The maximum absolute atomic E-state index is 11.9. The van der Waals surface area contributed by atoms with Crippen molar-refractivity contribution >= 4 is 5.97 Å². The van der Waals surface area contributed by atoms with Crippen molar-refractivity contribution in [2.75, 3.05) is 13.6 Å². The number of carboxylic acid groups (broad SMARTS) is 1. The van der Waals surface area contributed by atoms with Gasteiger partial charge in [0, 0.05) is 0 Å². The van der Waals surface area contributed by atoms with Crippen LogP contribution in [0.4, 0.5) is 0 Å². The number of carbonyl (C=O) groups is 1. The summed E-state index contributed by atoms with van der Waals surface area (Å²) in [7, 11) is 1.90. The van der Waals surface area contributed by atoms with Crippen molar-refractivity contribution in [1.82, 2.24) is 4.90 Å². The van der Waals surface area contributed by atoms with E-state index in [9.17, 15) is 9.90 Å². The van der Waals surface area contributed by atoms with Gasteiger partial charge in [0.1, 0.15) is 5.54 Å². The minimum atomic E-state index is -0.837. The van der Waals surface area contributed by atoms with Crippen LogP contribution in [-0.2, 0) is 10.3 Å². The monoisotopic (exact) mass is 233 g/mol.